The molecule has 3 N–H and O–H groups in total. The second-order valence-electron chi connectivity index (χ2n) is 4.40. The summed E-state index contributed by atoms with van der Waals surface area (Å²) in [6.07, 6.45) is 2.68. The zero-order valence-corrected chi connectivity index (χ0v) is 10.1. The Labute approximate surface area is 96.7 Å². The monoisotopic (exact) mass is 230 g/mol. The molecule has 94 valence electrons. The molecule has 1 amide bonds. The predicted molar refractivity (Wildman–Crippen MR) is 61.0 cm³/mol. The number of rotatable bonds is 6. The van der Waals surface area contributed by atoms with Gasteiger partial charge in [0.1, 0.15) is 6.61 Å². The molecule has 1 rings (SSSR count). The molecule has 1 aliphatic rings. The summed E-state index contributed by atoms with van der Waals surface area (Å²) in [5.74, 6) is -0.423. The highest BCUT2D eigenvalue weighted by molar-refractivity contribution is 5.74. The van der Waals surface area contributed by atoms with Gasteiger partial charge in [0.15, 0.2) is 0 Å². The first kappa shape index (κ1) is 13.4. The van der Waals surface area contributed by atoms with Gasteiger partial charge in [0, 0.05) is 12.6 Å². The summed E-state index contributed by atoms with van der Waals surface area (Å²) in [6.45, 7) is 5.45. The molecule has 0 aromatic rings. The Balaban J connectivity index is 2.06. The summed E-state index contributed by atoms with van der Waals surface area (Å²) in [7, 11) is 0. The second-order valence-corrected chi connectivity index (χ2v) is 4.40. The lowest BCUT2D eigenvalue weighted by molar-refractivity contribution is -0.122. The molecule has 1 aliphatic heterocycles. The summed E-state index contributed by atoms with van der Waals surface area (Å²) in [4.78, 5) is 10.4. The maximum absolute atomic E-state index is 10.4. The molecule has 1 saturated heterocycles. The normalized spacial score (nSPS) is 30.2. The maximum Gasteiger partial charge on any atom is 0.243 e. The fraction of sp³-hybridized carbons (Fsp3) is 0.909. The minimum absolute atomic E-state index is 0.00225. The van der Waals surface area contributed by atoms with E-state index >= 15 is 0 Å². The van der Waals surface area contributed by atoms with Crippen LogP contribution >= 0.6 is 0 Å². The molecule has 0 saturated carbocycles. The van der Waals surface area contributed by atoms with Gasteiger partial charge in [0.05, 0.1) is 18.8 Å². The van der Waals surface area contributed by atoms with Crippen LogP contribution < -0.4 is 11.1 Å². The molecule has 0 spiro atoms. The fourth-order valence-electron chi connectivity index (χ4n) is 2.08. The van der Waals surface area contributed by atoms with E-state index in [1.54, 1.807) is 0 Å². The summed E-state index contributed by atoms with van der Waals surface area (Å²) < 4.78 is 10.7. The molecular formula is C11H22N2O3. The molecule has 2 atom stereocenters. The molecular weight excluding hydrogens is 208 g/mol. The lowest BCUT2D eigenvalue weighted by Gasteiger charge is -2.32. The van der Waals surface area contributed by atoms with Gasteiger partial charge in [-0.1, -0.05) is 0 Å². The van der Waals surface area contributed by atoms with E-state index in [-0.39, 0.29) is 6.61 Å². The van der Waals surface area contributed by atoms with Crippen LogP contribution in [0.15, 0.2) is 0 Å². The minimum Gasteiger partial charge on any atom is -0.375 e. The highest BCUT2D eigenvalue weighted by Crippen LogP contribution is 2.18. The van der Waals surface area contributed by atoms with Crippen LogP contribution in [-0.4, -0.2) is 43.9 Å². The number of primary amides is 1. The van der Waals surface area contributed by atoms with Crippen molar-refractivity contribution in [1.29, 1.82) is 0 Å². The van der Waals surface area contributed by atoms with E-state index < -0.39 is 5.91 Å². The van der Waals surface area contributed by atoms with Crippen molar-refractivity contribution in [3.8, 4) is 0 Å². The summed E-state index contributed by atoms with van der Waals surface area (Å²) in [6, 6.07) is 0.482. The Morgan fingerprint density at radius 3 is 2.62 bits per heavy atom. The minimum atomic E-state index is -0.423. The van der Waals surface area contributed by atoms with Crippen molar-refractivity contribution in [3.63, 3.8) is 0 Å². The van der Waals surface area contributed by atoms with Crippen molar-refractivity contribution in [3.05, 3.63) is 0 Å². The van der Waals surface area contributed by atoms with E-state index in [1.807, 2.05) is 0 Å². The first-order valence-electron chi connectivity index (χ1n) is 5.83. The van der Waals surface area contributed by atoms with Gasteiger partial charge < -0.3 is 20.5 Å². The van der Waals surface area contributed by atoms with Crippen molar-refractivity contribution in [2.24, 2.45) is 5.73 Å². The number of nitrogens with two attached hydrogens (primary N) is 1. The Hall–Kier alpha value is -0.650. The number of hydrogen-bond donors (Lipinski definition) is 2. The Kier molecular flexibility index (Phi) is 5.73. The zero-order valence-electron chi connectivity index (χ0n) is 10.1. The highest BCUT2D eigenvalue weighted by Gasteiger charge is 2.23. The maximum atomic E-state index is 10.4. The van der Waals surface area contributed by atoms with Crippen LogP contribution in [0, 0.1) is 0 Å². The number of nitrogens with one attached hydrogen (secondary N) is 1. The van der Waals surface area contributed by atoms with Gasteiger partial charge >= 0.3 is 0 Å². The molecule has 0 aliphatic carbocycles. The van der Waals surface area contributed by atoms with Crippen LogP contribution in [0.4, 0.5) is 0 Å². The van der Waals surface area contributed by atoms with Crippen LogP contribution in [-0.2, 0) is 14.3 Å². The molecule has 5 nitrogen and oxygen atoms in total. The Morgan fingerprint density at radius 1 is 1.44 bits per heavy atom. The highest BCUT2D eigenvalue weighted by atomic mass is 16.5. The van der Waals surface area contributed by atoms with Crippen LogP contribution in [0.1, 0.15) is 26.7 Å². The Morgan fingerprint density at radius 2 is 2.06 bits per heavy atom. The van der Waals surface area contributed by atoms with Gasteiger partial charge in [-0.25, -0.2) is 0 Å². The van der Waals surface area contributed by atoms with E-state index in [0.717, 1.165) is 19.4 Å². The number of carbonyl (C=O) groups is 1. The third-order valence-corrected chi connectivity index (χ3v) is 2.62. The third-order valence-electron chi connectivity index (χ3n) is 2.62. The van der Waals surface area contributed by atoms with Crippen LogP contribution in [0.25, 0.3) is 0 Å². The molecule has 1 fully saturated rings. The number of ether oxygens (including phenoxy) is 2. The number of amides is 1. The topological polar surface area (TPSA) is 73.6 Å². The summed E-state index contributed by atoms with van der Waals surface area (Å²) >= 11 is 0. The fourth-order valence-corrected chi connectivity index (χ4v) is 2.08. The van der Waals surface area contributed by atoms with Crippen molar-refractivity contribution in [1.82, 2.24) is 5.32 Å². The van der Waals surface area contributed by atoms with Crippen molar-refractivity contribution < 1.29 is 14.3 Å². The first-order valence-corrected chi connectivity index (χ1v) is 5.83. The molecule has 0 radical (unpaired) electrons. The quantitative estimate of drug-likeness (QED) is 0.632. The summed E-state index contributed by atoms with van der Waals surface area (Å²) in [5, 5.41) is 3.40. The largest absolute Gasteiger partial charge is 0.375 e. The molecule has 1 heterocycles. The van der Waals surface area contributed by atoms with E-state index in [1.165, 1.54) is 0 Å². The molecule has 0 aromatic heterocycles. The number of carbonyl (C=O) groups excluding carboxylic acids is 1. The number of hydrogen-bond acceptors (Lipinski definition) is 4. The first-order chi connectivity index (χ1) is 7.58. The van der Waals surface area contributed by atoms with E-state index in [4.69, 9.17) is 15.2 Å². The lowest BCUT2D eigenvalue weighted by atomic mass is 10.00. The molecule has 16 heavy (non-hydrogen) atoms. The standard InChI is InChI=1S/C11H22N2O3/c1-8-5-10(6-9(2)16-8)13-3-4-15-7-11(12)14/h8-10,13H,3-7H2,1-2H3,(H2,12,14). The average molecular weight is 230 g/mol. The second kappa shape index (κ2) is 6.83. The Bertz CT molecular complexity index is 213. The smallest absolute Gasteiger partial charge is 0.243 e. The van der Waals surface area contributed by atoms with E-state index in [0.29, 0.717) is 24.9 Å². The van der Waals surface area contributed by atoms with Gasteiger partial charge in [-0.3, -0.25) is 4.79 Å². The van der Waals surface area contributed by atoms with Gasteiger partial charge in [-0.2, -0.15) is 0 Å². The van der Waals surface area contributed by atoms with E-state index in [9.17, 15) is 4.79 Å². The third kappa shape index (κ3) is 5.44. The molecule has 5 heteroatoms. The van der Waals surface area contributed by atoms with Gasteiger partial charge in [-0.05, 0) is 26.7 Å². The van der Waals surface area contributed by atoms with Gasteiger partial charge in [0.2, 0.25) is 5.91 Å². The summed E-state index contributed by atoms with van der Waals surface area (Å²) in [5.41, 5.74) is 4.95. The SMILES string of the molecule is CC1CC(NCCOCC(N)=O)CC(C)O1. The average Bonchev–Trinajstić information content (AvgIpc) is 2.15. The van der Waals surface area contributed by atoms with Crippen molar-refractivity contribution >= 4 is 5.91 Å². The predicted octanol–water partition coefficient (Wildman–Crippen LogP) is 0.0339. The van der Waals surface area contributed by atoms with Crippen molar-refractivity contribution in [2.75, 3.05) is 19.8 Å². The molecule has 0 aromatic carbocycles. The van der Waals surface area contributed by atoms with Crippen molar-refractivity contribution in [2.45, 2.75) is 44.9 Å². The van der Waals surface area contributed by atoms with E-state index in [2.05, 4.69) is 19.2 Å². The van der Waals surface area contributed by atoms with Crippen LogP contribution in [0.5, 0.6) is 0 Å². The molecule has 0 bridgehead atoms. The van der Waals surface area contributed by atoms with Crippen LogP contribution in [0.3, 0.4) is 0 Å². The van der Waals surface area contributed by atoms with Gasteiger partial charge in [-0.15, -0.1) is 0 Å². The zero-order chi connectivity index (χ0) is 12.0. The van der Waals surface area contributed by atoms with Gasteiger partial charge in [0.25, 0.3) is 0 Å². The molecule has 2 unspecified atom stereocenters. The lowest BCUT2D eigenvalue weighted by Crippen LogP contribution is -2.42. The van der Waals surface area contributed by atoms with Crippen LogP contribution in [0.2, 0.25) is 0 Å².